The molecule has 0 rings (SSSR count). The lowest BCUT2D eigenvalue weighted by atomic mass is 9.85. The van der Waals surface area contributed by atoms with Crippen molar-refractivity contribution in [2.75, 3.05) is 0 Å². The first kappa shape index (κ1) is 22.9. The van der Waals surface area contributed by atoms with E-state index < -0.39 is 11.9 Å². The Morgan fingerprint density at radius 2 is 1.38 bits per heavy atom. The van der Waals surface area contributed by atoms with Crippen LogP contribution in [0.1, 0.15) is 104 Å². The number of rotatable bonds is 17. The maximum Gasteiger partial charge on any atom is 0.306 e. The molecule has 2 atom stereocenters. The molecule has 2 N–H and O–H groups in total. The standard InChI is InChI=1S/C20H38O4/c1-3-5-9-13-17(12-4-2)16-18(20(23)24)14-10-7-6-8-11-15-19(21)22/h17-18H,3-16H2,1-2H3,(H,21,22)(H,23,24). The van der Waals surface area contributed by atoms with Crippen LogP contribution in [-0.2, 0) is 9.59 Å². The molecule has 0 aromatic carbocycles. The quantitative estimate of drug-likeness (QED) is 0.323. The zero-order valence-corrected chi connectivity index (χ0v) is 15.8. The maximum absolute atomic E-state index is 11.5. The molecule has 0 aliphatic carbocycles. The Kier molecular flexibility index (Phi) is 14.8. The third-order valence-electron chi connectivity index (χ3n) is 4.82. The zero-order chi connectivity index (χ0) is 18.2. The SMILES string of the molecule is CCCCCC(CCC)CC(CCCCCCCC(=O)O)C(=O)O. The Bertz CT molecular complexity index is 328. The summed E-state index contributed by atoms with van der Waals surface area (Å²) in [5.41, 5.74) is 0. The molecule has 4 nitrogen and oxygen atoms in total. The summed E-state index contributed by atoms with van der Waals surface area (Å²) in [7, 11) is 0. The second kappa shape index (κ2) is 15.5. The molecule has 0 aliphatic rings. The van der Waals surface area contributed by atoms with Gasteiger partial charge in [-0.1, -0.05) is 78.1 Å². The van der Waals surface area contributed by atoms with E-state index in [-0.39, 0.29) is 12.3 Å². The van der Waals surface area contributed by atoms with Gasteiger partial charge in [-0.25, -0.2) is 0 Å². The predicted octanol–water partition coefficient (Wildman–Crippen LogP) is 5.89. The minimum absolute atomic E-state index is 0.206. The zero-order valence-electron chi connectivity index (χ0n) is 15.8. The van der Waals surface area contributed by atoms with Gasteiger partial charge in [0.2, 0.25) is 0 Å². The van der Waals surface area contributed by atoms with Crippen LogP contribution in [0.3, 0.4) is 0 Å². The van der Waals surface area contributed by atoms with Gasteiger partial charge in [0.15, 0.2) is 0 Å². The van der Waals surface area contributed by atoms with Gasteiger partial charge in [0.1, 0.15) is 0 Å². The summed E-state index contributed by atoms with van der Waals surface area (Å²) in [6, 6.07) is 0. The van der Waals surface area contributed by atoms with Gasteiger partial charge in [-0.05, 0) is 25.2 Å². The number of unbranched alkanes of at least 4 members (excludes halogenated alkanes) is 6. The van der Waals surface area contributed by atoms with Crippen molar-refractivity contribution in [2.24, 2.45) is 11.8 Å². The summed E-state index contributed by atoms with van der Waals surface area (Å²) < 4.78 is 0. The Hall–Kier alpha value is -1.06. The molecule has 0 spiro atoms. The van der Waals surface area contributed by atoms with E-state index >= 15 is 0 Å². The van der Waals surface area contributed by atoms with Crippen LogP contribution in [0.4, 0.5) is 0 Å². The topological polar surface area (TPSA) is 74.6 Å². The molecular formula is C20H38O4. The van der Waals surface area contributed by atoms with Crippen LogP contribution in [0, 0.1) is 11.8 Å². The maximum atomic E-state index is 11.5. The highest BCUT2D eigenvalue weighted by atomic mass is 16.4. The molecule has 0 amide bonds. The van der Waals surface area contributed by atoms with Crippen molar-refractivity contribution in [3.8, 4) is 0 Å². The summed E-state index contributed by atoms with van der Waals surface area (Å²) in [5.74, 6) is -1.02. The van der Waals surface area contributed by atoms with Crippen LogP contribution in [-0.4, -0.2) is 22.2 Å². The normalized spacial score (nSPS) is 13.6. The van der Waals surface area contributed by atoms with E-state index in [0.717, 1.165) is 57.8 Å². The van der Waals surface area contributed by atoms with Crippen molar-refractivity contribution < 1.29 is 19.8 Å². The van der Waals surface area contributed by atoms with E-state index in [1.165, 1.54) is 25.7 Å². The number of aliphatic carboxylic acids is 2. The summed E-state index contributed by atoms with van der Waals surface area (Å²) >= 11 is 0. The largest absolute Gasteiger partial charge is 0.481 e. The van der Waals surface area contributed by atoms with Gasteiger partial charge >= 0.3 is 11.9 Å². The molecule has 0 aromatic heterocycles. The van der Waals surface area contributed by atoms with Gasteiger partial charge in [-0.2, -0.15) is 0 Å². The van der Waals surface area contributed by atoms with Gasteiger partial charge in [-0.15, -0.1) is 0 Å². The number of hydrogen-bond acceptors (Lipinski definition) is 2. The fraction of sp³-hybridized carbons (Fsp3) is 0.900. The van der Waals surface area contributed by atoms with E-state index in [9.17, 15) is 14.7 Å². The van der Waals surface area contributed by atoms with Gasteiger partial charge in [-0.3, -0.25) is 9.59 Å². The molecule has 142 valence electrons. The molecule has 0 heterocycles. The Morgan fingerprint density at radius 1 is 0.750 bits per heavy atom. The molecule has 0 saturated carbocycles. The summed E-state index contributed by atoms with van der Waals surface area (Å²) in [5, 5.41) is 18.1. The average Bonchev–Trinajstić information content (AvgIpc) is 2.52. The highest BCUT2D eigenvalue weighted by molar-refractivity contribution is 5.69. The Balaban J connectivity index is 4.04. The monoisotopic (exact) mass is 342 g/mol. The van der Waals surface area contributed by atoms with Crippen LogP contribution in [0.5, 0.6) is 0 Å². The van der Waals surface area contributed by atoms with E-state index in [2.05, 4.69) is 13.8 Å². The number of carboxylic acid groups (broad SMARTS) is 2. The average molecular weight is 343 g/mol. The third-order valence-corrected chi connectivity index (χ3v) is 4.82. The second-order valence-electron chi connectivity index (χ2n) is 7.12. The molecule has 0 bridgehead atoms. The number of carbonyl (C=O) groups is 2. The van der Waals surface area contributed by atoms with Crippen molar-refractivity contribution in [1.29, 1.82) is 0 Å². The second-order valence-corrected chi connectivity index (χ2v) is 7.12. The molecule has 0 aliphatic heterocycles. The highest BCUT2D eigenvalue weighted by Crippen LogP contribution is 2.27. The van der Waals surface area contributed by atoms with Gasteiger partial charge in [0.25, 0.3) is 0 Å². The fourth-order valence-corrected chi connectivity index (χ4v) is 3.41. The first-order valence-corrected chi connectivity index (χ1v) is 9.95. The highest BCUT2D eigenvalue weighted by Gasteiger charge is 2.21. The Morgan fingerprint density at radius 3 is 1.96 bits per heavy atom. The van der Waals surface area contributed by atoms with Gasteiger partial charge < -0.3 is 10.2 Å². The lowest BCUT2D eigenvalue weighted by Gasteiger charge is -2.21. The Labute approximate surface area is 148 Å². The van der Waals surface area contributed by atoms with Crippen LogP contribution in [0.25, 0.3) is 0 Å². The molecule has 0 saturated heterocycles. The van der Waals surface area contributed by atoms with E-state index in [1.807, 2.05) is 0 Å². The predicted molar refractivity (Wildman–Crippen MR) is 98.2 cm³/mol. The number of carboxylic acids is 2. The molecule has 0 fully saturated rings. The van der Waals surface area contributed by atoms with Crippen molar-refractivity contribution in [3.63, 3.8) is 0 Å². The lowest BCUT2D eigenvalue weighted by Crippen LogP contribution is -2.18. The van der Waals surface area contributed by atoms with Crippen LogP contribution < -0.4 is 0 Å². The fourth-order valence-electron chi connectivity index (χ4n) is 3.41. The van der Waals surface area contributed by atoms with Crippen molar-refractivity contribution in [1.82, 2.24) is 0 Å². The first-order chi connectivity index (χ1) is 11.5. The molecule has 4 heteroatoms. The van der Waals surface area contributed by atoms with E-state index in [4.69, 9.17) is 5.11 Å². The van der Waals surface area contributed by atoms with E-state index in [1.54, 1.807) is 0 Å². The lowest BCUT2D eigenvalue weighted by molar-refractivity contribution is -0.142. The van der Waals surface area contributed by atoms with Crippen molar-refractivity contribution >= 4 is 11.9 Å². The summed E-state index contributed by atoms with van der Waals surface area (Å²) in [6.07, 6.45) is 13.6. The molecule has 0 radical (unpaired) electrons. The third kappa shape index (κ3) is 13.4. The van der Waals surface area contributed by atoms with Crippen molar-refractivity contribution in [2.45, 2.75) is 104 Å². The summed E-state index contributed by atoms with van der Waals surface area (Å²) in [4.78, 5) is 22.0. The molecule has 2 unspecified atom stereocenters. The van der Waals surface area contributed by atoms with Crippen molar-refractivity contribution in [3.05, 3.63) is 0 Å². The summed E-state index contributed by atoms with van der Waals surface area (Å²) in [6.45, 7) is 4.38. The van der Waals surface area contributed by atoms with E-state index in [0.29, 0.717) is 5.92 Å². The number of hydrogen-bond donors (Lipinski definition) is 2. The van der Waals surface area contributed by atoms with Gasteiger partial charge in [0, 0.05) is 6.42 Å². The molecule has 24 heavy (non-hydrogen) atoms. The van der Waals surface area contributed by atoms with Crippen LogP contribution >= 0.6 is 0 Å². The van der Waals surface area contributed by atoms with Crippen LogP contribution in [0.2, 0.25) is 0 Å². The molecular weight excluding hydrogens is 304 g/mol. The first-order valence-electron chi connectivity index (χ1n) is 9.95. The molecule has 0 aromatic rings. The van der Waals surface area contributed by atoms with Crippen LogP contribution in [0.15, 0.2) is 0 Å². The minimum Gasteiger partial charge on any atom is -0.481 e. The van der Waals surface area contributed by atoms with Gasteiger partial charge in [0.05, 0.1) is 5.92 Å². The minimum atomic E-state index is -0.731. The smallest absolute Gasteiger partial charge is 0.306 e.